The molecule has 138 valence electrons. The molecule has 2 atom stereocenters. The van der Waals surface area contributed by atoms with Gasteiger partial charge in [-0.15, -0.1) is 10.2 Å². The van der Waals surface area contributed by atoms with Gasteiger partial charge in [0.05, 0.1) is 17.0 Å². The van der Waals surface area contributed by atoms with Crippen molar-refractivity contribution in [1.82, 2.24) is 29.3 Å². The minimum Gasteiger partial charge on any atom is -0.345 e. The third kappa shape index (κ3) is 2.44. The number of fused-ring (bicyclic) bond motifs is 3. The van der Waals surface area contributed by atoms with Crippen molar-refractivity contribution in [3.8, 4) is 0 Å². The Morgan fingerprint density at radius 3 is 2.88 bits per heavy atom. The van der Waals surface area contributed by atoms with E-state index in [-0.39, 0.29) is 22.6 Å². The van der Waals surface area contributed by atoms with E-state index in [9.17, 15) is 8.42 Å². The molecule has 0 saturated heterocycles. The first kappa shape index (κ1) is 16.2. The monoisotopic (exact) mass is 374 g/mol. The van der Waals surface area contributed by atoms with E-state index >= 15 is 0 Å². The number of H-pyrrole nitrogens is 1. The zero-order chi connectivity index (χ0) is 18.1. The van der Waals surface area contributed by atoms with E-state index in [0.29, 0.717) is 5.65 Å². The summed E-state index contributed by atoms with van der Waals surface area (Å²) in [6.45, 7) is 4.36. The molecule has 0 radical (unpaired) electrons. The van der Waals surface area contributed by atoms with Crippen molar-refractivity contribution in [3.05, 3.63) is 24.3 Å². The molecule has 0 bridgehead atoms. The summed E-state index contributed by atoms with van der Waals surface area (Å²) in [6, 6.07) is 1.91. The van der Waals surface area contributed by atoms with Crippen LogP contribution in [0.3, 0.4) is 0 Å². The SMILES string of the molecule is CC1(C)C[C@@H](NS(=O)(=O)C2CC2)C[C@H]1c1nnc2cnc3[nH]ccc3n12. The molecule has 3 aromatic heterocycles. The third-order valence-electron chi connectivity index (χ3n) is 5.81. The maximum Gasteiger partial charge on any atom is 0.214 e. The van der Waals surface area contributed by atoms with E-state index in [0.717, 1.165) is 42.7 Å². The number of nitrogens with one attached hydrogen (secondary N) is 2. The van der Waals surface area contributed by atoms with Crippen LogP contribution in [0.1, 0.15) is 51.3 Å². The minimum atomic E-state index is -3.19. The van der Waals surface area contributed by atoms with Crippen LogP contribution in [0, 0.1) is 5.41 Å². The second-order valence-electron chi connectivity index (χ2n) is 8.26. The Morgan fingerprint density at radius 1 is 1.31 bits per heavy atom. The van der Waals surface area contributed by atoms with Gasteiger partial charge in [0, 0.05) is 18.2 Å². The molecule has 0 aliphatic heterocycles. The van der Waals surface area contributed by atoms with Crippen LogP contribution in [-0.4, -0.2) is 44.3 Å². The lowest BCUT2D eigenvalue weighted by atomic mass is 9.81. The van der Waals surface area contributed by atoms with Crippen LogP contribution in [0.4, 0.5) is 0 Å². The maximum atomic E-state index is 12.3. The Kier molecular flexibility index (Phi) is 3.28. The topological polar surface area (TPSA) is 105 Å². The second kappa shape index (κ2) is 5.26. The fourth-order valence-electron chi connectivity index (χ4n) is 4.34. The van der Waals surface area contributed by atoms with Gasteiger partial charge in [-0.3, -0.25) is 4.40 Å². The van der Waals surface area contributed by atoms with Crippen LogP contribution in [-0.2, 0) is 10.0 Å². The first-order valence-corrected chi connectivity index (χ1v) is 10.6. The lowest BCUT2D eigenvalue weighted by Crippen LogP contribution is -2.35. The highest BCUT2D eigenvalue weighted by atomic mass is 32.2. The minimum absolute atomic E-state index is 0.0588. The summed E-state index contributed by atoms with van der Waals surface area (Å²) in [7, 11) is -3.19. The molecule has 8 nitrogen and oxygen atoms in total. The lowest BCUT2D eigenvalue weighted by Gasteiger charge is -2.25. The van der Waals surface area contributed by atoms with Crippen molar-refractivity contribution in [1.29, 1.82) is 0 Å². The van der Waals surface area contributed by atoms with Gasteiger partial charge in [0.2, 0.25) is 10.0 Å². The molecule has 2 fully saturated rings. The van der Waals surface area contributed by atoms with Gasteiger partial charge in [0.25, 0.3) is 0 Å². The van der Waals surface area contributed by atoms with Crippen LogP contribution in [0.2, 0.25) is 0 Å². The Morgan fingerprint density at radius 2 is 2.12 bits per heavy atom. The van der Waals surface area contributed by atoms with Crippen molar-refractivity contribution < 1.29 is 8.42 Å². The summed E-state index contributed by atoms with van der Waals surface area (Å²) in [6.07, 6.45) is 6.65. The molecule has 0 spiro atoms. The first-order chi connectivity index (χ1) is 12.4. The highest BCUT2D eigenvalue weighted by Gasteiger charge is 2.46. The highest BCUT2D eigenvalue weighted by molar-refractivity contribution is 7.90. The van der Waals surface area contributed by atoms with Gasteiger partial charge in [-0.2, -0.15) is 0 Å². The predicted molar refractivity (Wildman–Crippen MR) is 97.3 cm³/mol. The largest absolute Gasteiger partial charge is 0.345 e. The smallest absolute Gasteiger partial charge is 0.214 e. The normalized spacial score (nSPS) is 26.1. The average molecular weight is 374 g/mol. The molecule has 3 heterocycles. The standard InChI is InChI=1S/C17H22N6O2S/c1-17(2)8-10(22-26(24,25)11-3-4-11)7-12(17)16-21-20-14-9-19-15-13(23(14)16)5-6-18-15/h5-6,9-12,18,22H,3-4,7-8H2,1-2H3/t10-,12-/m0/s1. The molecule has 0 aromatic carbocycles. The first-order valence-electron chi connectivity index (χ1n) is 9.03. The van der Waals surface area contributed by atoms with Crippen LogP contribution < -0.4 is 4.72 Å². The van der Waals surface area contributed by atoms with Gasteiger partial charge in [-0.1, -0.05) is 13.8 Å². The predicted octanol–water partition coefficient (Wildman–Crippen LogP) is 1.96. The zero-order valence-electron chi connectivity index (χ0n) is 14.8. The fourth-order valence-corrected chi connectivity index (χ4v) is 5.93. The van der Waals surface area contributed by atoms with Crippen molar-refractivity contribution in [2.75, 3.05) is 0 Å². The van der Waals surface area contributed by atoms with Gasteiger partial charge in [0.1, 0.15) is 5.82 Å². The van der Waals surface area contributed by atoms with E-state index < -0.39 is 10.0 Å². The molecule has 0 unspecified atom stereocenters. The van der Waals surface area contributed by atoms with Crippen molar-refractivity contribution >= 4 is 26.8 Å². The Balaban J connectivity index is 1.53. The summed E-state index contributed by atoms with van der Waals surface area (Å²) in [5.41, 5.74) is 2.37. The van der Waals surface area contributed by atoms with E-state index in [1.807, 2.05) is 16.7 Å². The summed E-state index contributed by atoms with van der Waals surface area (Å²) in [4.78, 5) is 7.48. The molecular weight excluding hydrogens is 352 g/mol. The van der Waals surface area contributed by atoms with Gasteiger partial charge >= 0.3 is 0 Å². The summed E-state index contributed by atoms with van der Waals surface area (Å²) in [5, 5.41) is 8.57. The van der Waals surface area contributed by atoms with Gasteiger partial charge in [-0.05, 0) is 37.2 Å². The molecule has 2 aliphatic rings. The highest BCUT2D eigenvalue weighted by Crippen LogP contribution is 2.49. The number of hydrogen-bond donors (Lipinski definition) is 2. The molecule has 2 aliphatic carbocycles. The molecule has 2 saturated carbocycles. The fraction of sp³-hybridized carbons (Fsp3) is 0.588. The van der Waals surface area contributed by atoms with Gasteiger partial charge in [0.15, 0.2) is 11.3 Å². The Labute approximate surface area is 151 Å². The number of rotatable bonds is 4. The summed E-state index contributed by atoms with van der Waals surface area (Å²) in [5.74, 6) is 0.995. The van der Waals surface area contributed by atoms with E-state index in [2.05, 4.69) is 38.7 Å². The zero-order valence-corrected chi connectivity index (χ0v) is 15.6. The van der Waals surface area contributed by atoms with E-state index in [1.165, 1.54) is 0 Å². The number of nitrogens with zero attached hydrogens (tertiary/aromatic N) is 4. The van der Waals surface area contributed by atoms with Crippen LogP contribution >= 0.6 is 0 Å². The summed E-state index contributed by atoms with van der Waals surface area (Å²) >= 11 is 0. The average Bonchev–Trinajstić information content (AvgIpc) is 3.07. The lowest BCUT2D eigenvalue weighted by molar-refractivity contribution is 0.318. The summed E-state index contributed by atoms with van der Waals surface area (Å²) < 4.78 is 29.7. The Bertz CT molecular complexity index is 1100. The molecule has 26 heavy (non-hydrogen) atoms. The quantitative estimate of drug-likeness (QED) is 0.726. The second-order valence-corrected chi connectivity index (χ2v) is 10.3. The van der Waals surface area contributed by atoms with Crippen molar-refractivity contribution in [3.63, 3.8) is 0 Å². The molecular formula is C17H22N6O2S. The number of sulfonamides is 1. The molecule has 0 amide bonds. The Hall–Kier alpha value is -2.00. The van der Waals surface area contributed by atoms with Crippen LogP contribution in [0.15, 0.2) is 18.5 Å². The number of aromatic nitrogens is 5. The van der Waals surface area contributed by atoms with E-state index in [4.69, 9.17) is 0 Å². The number of hydrogen-bond acceptors (Lipinski definition) is 5. The molecule has 3 aromatic rings. The molecule has 2 N–H and O–H groups in total. The third-order valence-corrected chi connectivity index (χ3v) is 7.82. The van der Waals surface area contributed by atoms with Crippen LogP contribution in [0.25, 0.3) is 16.8 Å². The molecule has 9 heteroatoms. The number of aromatic amines is 1. The maximum absolute atomic E-state index is 12.3. The van der Waals surface area contributed by atoms with Crippen molar-refractivity contribution in [2.24, 2.45) is 5.41 Å². The molecule has 5 rings (SSSR count). The van der Waals surface area contributed by atoms with Crippen molar-refractivity contribution in [2.45, 2.75) is 56.7 Å². The van der Waals surface area contributed by atoms with E-state index in [1.54, 1.807) is 6.20 Å². The van der Waals surface area contributed by atoms with Gasteiger partial charge < -0.3 is 4.98 Å². The van der Waals surface area contributed by atoms with Crippen LogP contribution in [0.5, 0.6) is 0 Å². The van der Waals surface area contributed by atoms with Gasteiger partial charge in [-0.25, -0.2) is 18.1 Å².